The van der Waals surface area contributed by atoms with E-state index in [1.54, 1.807) is 0 Å². The lowest BCUT2D eigenvalue weighted by Gasteiger charge is -2.29. The maximum absolute atomic E-state index is 4.88. The SMILES string of the molecule is CC(C)(C)C1CCN=C(N[C@@H]2CCC[C@@H]2c2ccccc2)CC1. The standard InChI is InChI=1S/C21H32N2/c1-21(2,3)17-12-13-20(22-15-14-17)23-19-11-7-10-18(19)16-8-5-4-6-9-16/h4-6,8-9,17-19H,7,10-15H2,1-3H3,(H,22,23)/t17?,18-,19-/m1/s1. The van der Waals surface area contributed by atoms with E-state index in [1.165, 1.54) is 43.5 Å². The number of nitrogens with zero attached hydrogens (tertiary/aromatic N) is 1. The summed E-state index contributed by atoms with van der Waals surface area (Å²) in [5, 5.41) is 3.83. The van der Waals surface area contributed by atoms with Crippen LogP contribution in [0, 0.1) is 11.3 Å². The van der Waals surface area contributed by atoms with Crippen LogP contribution >= 0.6 is 0 Å². The molecule has 1 aromatic carbocycles. The minimum absolute atomic E-state index is 0.408. The van der Waals surface area contributed by atoms with E-state index in [1.807, 2.05) is 0 Å². The molecule has 2 heteroatoms. The fourth-order valence-electron chi connectivity index (χ4n) is 4.32. The summed E-state index contributed by atoms with van der Waals surface area (Å²) in [5.74, 6) is 2.71. The van der Waals surface area contributed by atoms with Crippen LogP contribution in [0.15, 0.2) is 35.3 Å². The molecule has 0 radical (unpaired) electrons. The normalized spacial score (nSPS) is 29.0. The van der Waals surface area contributed by atoms with E-state index in [0.717, 1.165) is 18.9 Å². The molecule has 2 aliphatic rings. The second-order valence-electron chi connectivity index (χ2n) is 8.42. The van der Waals surface area contributed by atoms with Gasteiger partial charge in [-0.2, -0.15) is 0 Å². The lowest BCUT2D eigenvalue weighted by atomic mass is 9.76. The van der Waals surface area contributed by atoms with Crippen LogP contribution in [0.1, 0.15) is 70.8 Å². The number of hydrogen-bond acceptors (Lipinski definition) is 2. The number of hydrogen-bond donors (Lipinski definition) is 1. The van der Waals surface area contributed by atoms with Crippen molar-refractivity contribution in [2.45, 2.75) is 71.3 Å². The molecule has 0 aromatic heterocycles. The molecule has 1 aromatic rings. The van der Waals surface area contributed by atoms with Gasteiger partial charge in [-0.1, -0.05) is 57.5 Å². The molecule has 2 nitrogen and oxygen atoms in total. The zero-order valence-corrected chi connectivity index (χ0v) is 15.0. The van der Waals surface area contributed by atoms with Gasteiger partial charge in [0.25, 0.3) is 0 Å². The summed E-state index contributed by atoms with van der Waals surface area (Å²) in [6, 6.07) is 11.6. The van der Waals surface area contributed by atoms with Crippen molar-refractivity contribution in [3.8, 4) is 0 Å². The fraction of sp³-hybridized carbons (Fsp3) is 0.667. The van der Waals surface area contributed by atoms with Crippen LogP contribution in [0.25, 0.3) is 0 Å². The van der Waals surface area contributed by atoms with Crippen LogP contribution in [0.4, 0.5) is 0 Å². The van der Waals surface area contributed by atoms with E-state index in [0.29, 0.717) is 17.4 Å². The Labute approximate surface area is 141 Å². The van der Waals surface area contributed by atoms with Gasteiger partial charge in [-0.15, -0.1) is 0 Å². The number of benzene rings is 1. The van der Waals surface area contributed by atoms with E-state index < -0.39 is 0 Å². The summed E-state index contributed by atoms with van der Waals surface area (Å²) >= 11 is 0. The van der Waals surface area contributed by atoms with Gasteiger partial charge in [-0.3, -0.25) is 4.99 Å². The summed E-state index contributed by atoms with van der Waals surface area (Å²) < 4.78 is 0. The molecule has 126 valence electrons. The zero-order chi connectivity index (χ0) is 16.3. The Morgan fingerprint density at radius 3 is 2.52 bits per heavy atom. The van der Waals surface area contributed by atoms with Crippen molar-refractivity contribution in [3.05, 3.63) is 35.9 Å². The predicted octanol–water partition coefficient (Wildman–Crippen LogP) is 5.16. The second kappa shape index (κ2) is 7.07. The zero-order valence-electron chi connectivity index (χ0n) is 15.0. The van der Waals surface area contributed by atoms with Crippen LogP contribution in [0.2, 0.25) is 0 Å². The molecule has 1 saturated carbocycles. The molecule has 1 N–H and O–H groups in total. The van der Waals surface area contributed by atoms with E-state index in [4.69, 9.17) is 4.99 Å². The Kier molecular flexibility index (Phi) is 5.08. The lowest BCUT2D eigenvalue weighted by molar-refractivity contribution is 0.220. The molecule has 1 unspecified atom stereocenters. The first kappa shape index (κ1) is 16.5. The summed E-state index contributed by atoms with van der Waals surface area (Å²) in [5.41, 5.74) is 1.90. The molecule has 1 heterocycles. The van der Waals surface area contributed by atoms with Crippen molar-refractivity contribution in [2.24, 2.45) is 16.3 Å². The Hall–Kier alpha value is -1.31. The predicted molar refractivity (Wildman–Crippen MR) is 99.1 cm³/mol. The molecule has 1 fully saturated rings. The van der Waals surface area contributed by atoms with Crippen molar-refractivity contribution in [2.75, 3.05) is 6.54 Å². The van der Waals surface area contributed by atoms with Crippen molar-refractivity contribution >= 4 is 5.84 Å². The molecular formula is C21H32N2. The maximum atomic E-state index is 4.88. The Bertz CT molecular complexity index is 527. The highest BCUT2D eigenvalue weighted by Gasteiger charge is 2.30. The molecule has 3 rings (SSSR count). The highest BCUT2D eigenvalue weighted by Crippen LogP contribution is 2.36. The largest absolute Gasteiger partial charge is 0.370 e. The van der Waals surface area contributed by atoms with Crippen LogP contribution in [-0.4, -0.2) is 18.4 Å². The fourth-order valence-corrected chi connectivity index (χ4v) is 4.32. The molecular weight excluding hydrogens is 280 g/mol. The van der Waals surface area contributed by atoms with E-state index >= 15 is 0 Å². The Morgan fingerprint density at radius 1 is 1.00 bits per heavy atom. The van der Waals surface area contributed by atoms with E-state index in [-0.39, 0.29) is 0 Å². The van der Waals surface area contributed by atoms with Gasteiger partial charge in [0, 0.05) is 24.9 Å². The van der Waals surface area contributed by atoms with E-state index in [9.17, 15) is 0 Å². The summed E-state index contributed by atoms with van der Waals surface area (Å²) in [7, 11) is 0. The van der Waals surface area contributed by atoms with E-state index in [2.05, 4.69) is 56.4 Å². The van der Waals surface area contributed by atoms with Gasteiger partial charge in [0.05, 0.1) is 5.84 Å². The third-order valence-electron chi connectivity index (χ3n) is 5.83. The highest BCUT2D eigenvalue weighted by atomic mass is 15.0. The van der Waals surface area contributed by atoms with Crippen molar-refractivity contribution in [1.82, 2.24) is 5.32 Å². The average molecular weight is 313 g/mol. The van der Waals surface area contributed by atoms with Crippen LogP contribution in [0.5, 0.6) is 0 Å². The molecule has 0 bridgehead atoms. The van der Waals surface area contributed by atoms with Crippen LogP contribution in [-0.2, 0) is 0 Å². The number of aliphatic imine (C=N–C) groups is 1. The molecule has 1 aliphatic heterocycles. The number of amidine groups is 1. The quantitative estimate of drug-likeness (QED) is 0.801. The third kappa shape index (κ3) is 4.16. The first-order chi connectivity index (χ1) is 11.0. The van der Waals surface area contributed by atoms with Gasteiger partial charge in [-0.25, -0.2) is 0 Å². The molecule has 0 amide bonds. The number of nitrogens with one attached hydrogen (secondary N) is 1. The van der Waals surface area contributed by atoms with Gasteiger partial charge < -0.3 is 5.32 Å². The number of rotatable bonds is 2. The van der Waals surface area contributed by atoms with Gasteiger partial charge in [0.1, 0.15) is 0 Å². The van der Waals surface area contributed by atoms with Gasteiger partial charge in [-0.05, 0) is 42.6 Å². The average Bonchev–Trinajstić information content (AvgIpc) is 2.84. The molecule has 1 aliphatic carbocycles. The Morgan fingerprint density at radius 2 is 1.78 bits per heavy atom. The third-order valence-corrected chi connectivity index (χ3v) is 5.83. The van der Waals surface area contributed by atoms with Crippen LogP contribution in [0.3, 0.4) is 0 Å². The minimum Gasteiger partial charge on any atom is -0.370 e. The summed E-state index contributed by atoms with van der Waals surface area (Å²) in [4.78, 5) is 4.88. The summed E-state index contributed by atoms with van der Waals surface area (Å²) in [6.07, 6.45) is 7.55. The van der Waals surface area contributed by atoms with Gasteiger partial charge in [0.15, 0.2) is 0 Å². The minimum atomic E-state index is 0.408. The monoisotopic (exact) mass is 312 g/mol. The molecule has 3 atom stereocenters. The van der Waals surface area contributed by atoms with Crippen molar-refractivity contribution in [1.29, 1.82) is 0 Å². The van der Waals surface area contributed by atoms with Gasteiger partial charge >= 0.3 is 0 Å². The smallest absolute Gasteiger partial charge is 0.0965 e. The first-order valence-corrected chi connectivity index (χ1v) is 9.39. The second-order valence-corrected chi connectivity index (χ2v) is 8.42. The molecule has 0 saturated heterocycles. The van der Waals surface area contributed by atoms with Crippen molar-refractivity contribution in [3.63, 3.8) is 0 Å². The first-order valence-electron chi connectivity index (χ1n) is 9.39. The maximum Gasteiger partial charge on any atom is 0.0965 e. The lowest BCUT2D eigenvalue weighted by Crippen LogP contribution is -2.36. The van der Waals surface area contributed by atoms with Crippen molar-refractivity contribution < 1.29 is 0 Å². The molecule has 0 spiro atoms. The topological polar surface area (TPSA) is 24.4 Å². The van der Waals surface area contributed by atoms with Gasteiger partial charge in [0.2, 0.25) is 0 Å². The molecule has 23 heavy (non-hydrogen) atoms. The summed E-state index contributed by atoms with van der Waals surface area (Å²) in [6.45, 7) is 8.11. The highest BCUT2D eigenvalue weighted by molar-refractivity contribution is 5.82. The Balaban J connectivity index is 1.62. The van der Waals surface area contributed by atoms with Crippen LogP contribution < -0.4 is 5.32 Å².